The molecule has 4 heteroatoms. The zero-order valence-electron chi connectivity index (χ0n) is 6.76. The molecule has 1 aromatic rings. The summed E-state index contributed by atoms with van der Waals surface area (Å²) in [6.45, 7) is 0.471. The minimum absolute atomic E-state index is 0.266. The first-order chi connectivity index (χ1) is 6.20. The zero-order valence-corrected chi connectivity index (χ0v) is 7.51. The third-order valence-electron chi connectivity index (χ3n) is 2.18. The quantitative estimate of drug-likeness (QED) is 0.465. The number of fused-ring (bicyclic) bond motifs is 1. The highest BCUT2D eigenvalue weighted by Crippen LogP contribution is 2.30. The van der Waals surface area contributed by atoms with Crippen LogP contribution in [0.15, 0.2) is 18.2 Å². The minimum atomic E-state index is -0.552. The second kappa shape index (κ2) is 3.00. The Morgan fingerprint density at radius 3 is 3.00 bits per heavy atom. The summed E-state index contributed by atoms with van der Waals surface area (Å²) < 4.78 is 13.1. The third-order valence-corrected chi connectivity index (χ3v) is 2.39. The molecule has 0 atom stereocenters. The SMILES string of the molecule is O=C(Cl)N1CCc2c(F)cccc21. The van der Waals surface area contributed by atoms with Gasteiger partial charge in [0, 0.05) is 12.1 Å². The van der Waals surface area contributed by atoms with Crippen LogP contribution in [0, 0.1) is 5.82 Å². The van der Waals surface area contributed by atoms with Crippen LogP contribution in [0.3, 0.4) is 0 Å². The van der Waals surface area contributed by atoms with Gasteiger partial charge in [0.2, 0.25) is 0 Å². The van der Waals surface area contributed by atoms with Gasteiger partial charge in [0.15, 0.2) is 0 Å². The van der Waals surface area contributed by atoms with E-state index in [9.17, 15) is 9.18 Å². The topological polar surface area (TPSA) is 20.3 Å². The molecule has 1 amide bonds. The molecule has 0 saturated carbocycles. The van der Waals surface area contributed by atoms with Crippen molar-refractivity contribution in [2.75, 3.05) is 11.4 Å². The molecule has 0 aliphatic carbocycles. The first-order valence-corrected chi connectivity index (χ1v) is 4.32. The second-order valence-corrected chi connectivity index (χ2v) is 3.22. The number of carbonyl (C=O) groups is 1. The Morgan fingerprint density at radius 2 is 2.31 bits per heavy atom. The Labute approximate surface area is 79.9 Å². The van der Waals surface area contributed by atoms with Crippen LogP contribution in [-0.4, -0.2) is 11.9 Å². The van der Waals surface area contributed by atoms with Gasteiger partial charge in [-0.05, 0) is 30.2 Å². The number of hydrogen-bond acceptors (Lipinski definition) is 1. The van der Waals surface area contributed by atoms with Crippen molar-refractivity contribution in [2.24, 2.45) is 0 Å². The van der Waals surface area contributed by atoms with Crippen LogP contribution in [0.4, 0.5) is 14.9 Å². The molecule has 0 unspecified atom stereocenters. The second-order valence-electron chi connectivity index (χ2n) is 2.89. The fourth-order valence-corrected chi connectivity index (χ4v) is 1.75. The zero-order chi connectivity index (χ0) is 9.42. The molecular formula is C9H7ClFNO. The van der Waals surface area contributed by atoms with Crippen LogP contribution in [-0.2, 0) is 6.42 Å². The van der Waals surface area contributed by atoms with Crippen molar-refractivity contribution in [3.63, 3.8) is 0 Å². The molecule has 0 radical (unpaired) electrons. The van der Waals surface area contributed by atoms with E-state index in [-0.39, 0.29) is 5.82 Å². The van der Waals surface area contributed by atoms with Crippen LogP contribution < -0.4 is 4.90 Å². The lowest BCUT2D eigenvalue weighted by Gasteiger charge is -2.12. The normalized spacial score (nSPS) is 14.5. The number of halogens is 2. The van der Waals surface area contributed by atoms with Crippen molar-refractivity contribution in [2.45, 2.75) is 6.42 Å². The molecule has 0 fully saturated rings. The molecule has 2 rings (SSSR count). The lowest BCUT2D eigenvalue weighted by molar-refractivity contribution is 0.264. The smallest absolute Gasteiger partial charge is 0.298 e. The molecule has 0 spiro atoms. The summed E-state index contributed by atoms with van der Waals surface area (Å²) in [5, 5.41) is -0.552. The van der Waals surface area contributed by atoms with Gasteiger partial charge in [-0.25, -0.2) is 4.39 Å². The molecule has 0 bridgehead atoms. The number of carbonyl (C=O) groups excluding carboxylic acids is 1. The monoisotopic (exact) mass is 199 g/mol. The summed E-state index contributed by atoms with van der Waals surface area (Å²) in [5.41, 5.74) is 1.18. The molecule has 1 aliphatic rings. The molecule has 1 aromatic carbocycles. The number of hydrogen-bond donors (Lipinski definition) is 0. The predicted octanol–water partition coefficient (Wildman–Crippen LogP) is 2.55. The Hall–Kier alpha value is -1.09. The van der Waals surface area contributed by atoms with Crippen molar-refractivity contribution in [1.29, 1.82) is 0 Å². The minimum Gasteiger partial charge on any atom is -0.298 e. The van der Waals surface area contributed by atoms with Gasteiger partial charge in [0.25, 0.3) is 0 Å². The fourth-order valence-electron chi connectivity index (χ4n) is 1.57. The van der Waals surface area contributed by atoms with Crippen LogP contribution in [0.2, 0.25) is 0 Å². The van der Waals surface area contributed by atoms with Gasteiger partial charge < -0.3 is 0 Å². The molecule has 1 heterocycles. The Bertz CT molecular complexity index is 367. The predicted molar refractivity (Wildman–Crippen MR) is 48.7 cm³/mol. The molecular weight excluding hydrogens is 193 g/mol. The average molecular weight is 200 g/mol. The van der Waals surface area contributed by atoms with Crippen molar-refractivity contribution >= 4 is 22.7 Å². The molecule has 0 aromatic heterocycles. The van der Waals surface area contributed by atoms with Crippen LogP contribution in [0.25, 0.3) is 0 Å². The first-order valence-electron chi connectivity index (χ1n) is 3.94. The Balaban J connectivity index is 2.49. The molecule has 13 heavy (non-hydrogen) atoms. The van der Waals surface area contributed by atoms with E-state index in [1.807, 2.05) is 0 Å². The van der Waals surface area contributed by atoms with Gasteiger partial charge in [0.1, 0.15) is 5.82 Å². The fraction of sp³-hybridized carbons (Fsp3) is 0.222. The summed E-state index contributed by atoms with van der Waals surface area (Å²) in [6.07, 6.45) is 0.542. The number of anilines is 1. The van der Waals surface area contributed by atoms with Crippen LogP contribution >= 0.6 is 11.6 Å². The Kier molecular flexibility index (Phi) is 1.96. The summed E-state index contributed by atoms with van der Waals surface area (Å²) in [7, 11) is 0. The number of nitrogens with zero attached hydrogens (tertiary/aromatic N) is 1. The number of benzene rings is 1. The lowest BCUT2D eigenvalue weighted by Crippen LogP contribution is -2.22. The van der Waals surface area contributed by atoms with Crippen LogP contribution in [0.5, 0.6) is 0 Å². The van der Waals surface area contributed by atoms with E-state index in [1.165, 1.54) is 11.0 Å². The highest BCUT2D eigenvalue weighted by molar-refractivity contribution is 6.66. The van der Waals surface area contributed by atoms with Gasteiger partial charge in [0.05, 0.1) is 5.69 Å². The molecule has 1 aliphatic heterocycles. The Morgan fingerprint density at radius 1 is 1.54 bits per heavy atom. The standard InChI is InChI=1S/C9H7ClFNO/c10-9(13)12-5-4-6-7(11)2-1-3-8(6)12/h1-3H,4-5H2. The number of amides is 1. The van der Waals surface area contributed by atoms with Gasteiger partial charge in [-0.1, -0.05) is 6.07 Å². The maximum absolute atomic E-state index is 13.1. The van der Waals surface area contributed by atoms with E-state index in [1.54, 1.807) is 12.1 Å². The van der Waals surface area contributed by atoms with E-state index < -0.39 is 5.37 Å². The summed E-state index contributed by atoms with van der Waals surface area (Å²) >= 11 is 5.33. The van der Waals surface area contributed by atoms with Gasteiger partial charge in [-0.3, -0.25) is 9.69 Å². The van der Waals surface area contributed by atoms with E-state index in [4.69, 9.17) is 11.6 Å². The van der Waals surface area contributed by atoms with Gasteiger partial charge in [-0.15, -0.1) is 0 Å². The summed E-state index contributed by atoms with van der Waals surface area (Å²) in [4.78, 5) is 12.3. The van der Waals surface area contributed by atoms with Crippen molar-refractivity contribution < 1.29 is 9.18 Å². The van der Waals surface area contributed by atoms with Gasteiger partial charge >= 0.3 is 5.37 Å². The molecule has 68 valence electrons. The first kappa shape index (κ1) is 8.51. The summed E-state index contributed by atoms with van der Waals surface area (Å²) in [5.74, 6) is -0.266. The van der Waals surface area contributed by atoms with E-state index in [2.05, 4.69) is 0 Å². The highest BCUT2D eigenvalue weighted by Gasteiger charge is 2.25. The van der Waals surface area contributed by atoms with E-state index in [0.29, 0.717) is 24.2 Å². The van der Waals surface area contributed by atoms with Crippen LogP contribution in [0.1, 0.15) is 5.56 Å². The van der Waals surface area contributed by atoms with Crippen molar-refractivity contribution in [3.05, 3.63) is 29.6 Å². The maximum atomic E-state index is 13.1. The average Bonchev–Trinajstić information content (AvgIpc) is 2.48. The maximum Gasteiger partial charge on any atom is 0.320 e. The number of rotatable bonds is 0. The highest BCUT2D eigenvalue weighted by atomic mass is 35.5. The largest absolute Gasteiger partial charge is 0.320 e. The molecule has 0 N–H and O–H groups in total. The third kappa shape index (κ3) is 1.29. The van der Waals surface area contributed by atoms with Crippen molar-refractivity contribution in [1.82, 2.24) is 0 Å². The van der Waals surface area contributed by atoms with E-state index in [0.717, 1.165) is 0 Å². The lowest BCUT2D eigenvalue weighted by atomic mass is 10.1. The van der Waals surface area contributed by atoms with Gasteiger partial charge in [-0.2, -0.15) is 0 Å². The van der Waals surface area contributed by atoms with E-state index >= 15 is 0 Å². The molecule has 0 saturated heterocycles. The summed E-state index contributed by atoms with van der Waals surface area (Å²) in [6, 6.07) is 4.67. The molecule has 2 nitrogen and oxygen atoms in total. The van der Waals surface area contributed by atoms with Crippen molar-refractivity contribution in [3.8, 4) is 0 Å².